The molecule has 20 heavy (non-hydrogen) atoms. The van der Waals surface area contributed by atoms with Crippen LogP contribution in [-0.4, -0.2) is 87.3 Å². The molecular weight excluding hydrogens is 252 g/mol. The molecule has 1 aliphatic rings. The van der Waals surface area contributed by atoms with Gasteiger partial charge in [-0.15, -0.1) is 0 Å². The van der Waals surface area contributed by atoms with Gasteiger partial charge in [0, 0.05) is 77.5 Å². The average molecular weight is 286 g/mol. The Hall–Kier alpha value is -0.240. The second kappa shape index (κ2) is 10.5. The van der Waals surface area contributed by atoms with Crippen molar-refractivity contribution in [3.05, 3.63) is 0 Å². The number of hydrogen-bond acceptors (Lipinski definition) is 6. The maximum atomic E-state index is 5.90. The molecule has 0 saturated carbocycles. The van der Waals surface area contributed by atoms with E-state index in [0.717, 1.165) is 65.4 Å². The molecule has 1 rings (SSSR count). The molecule has 0 aromatic rings. The quantitative estimate of drug-likeness (QED) is 0.502. The van der Waals surface area contributed by atoms with Crippen LogP contribution in [0.4, 0.5) is 0 Å². The van der Waals surface area contributed by atoms with E-state index in [1.807, 2.05) is 0 Å². The SMILES string of the molecule is CC(N)CN1CCNCCN(CC(C)N)CCNCC1. The van der Waals surface area contributed by atoms with Gasteiger partial charge in [-0.25, -0.2) is 0 Å². The number of nitrogens with zero attached hydrogens (tertiary/aromatic N) is 2. The Labute approximate surface area is 124 Å². The molecule has 0 aromatic carbocycles. The molecular formula is C14H34N6. The summed E-state index contributed by atoms with van der Waals surface area (Å²) >= 11 is 0. The van der Waals surface area contributed by atoms with E-state index in [1.165, 1.54) is 0 Å². The van der Waals surface area contributed by atoms with Crippen LogP contribution in [0.3, 0.4) is 0 Å². The summed E-state index contributed by atoms with van der Waals surface area (Å²) in [6, 6.07) is 0.480. The smallest absolute Gasteiger partial charge is 0.0139 e. The Morgan fingerprint density at radius 1 is 0.750 bits per heavy atom. The molecule has 2 unspecified atom stereocenters. The normalized spacial score (nSPS) is 24.6. The van der Waals surface area contributed by atoms with Gasteiger partial charge in [0.2, 0.25) is 0 Å². The van der Waals surface area contributed by atoms with Crippen LogP contribution in [-0.2, 0) is 0 Å². The van der Waals surface area contributed by atoms with E-state index in [2.05, 4.69) is 34.3 Å². The Bertz CT molecular complexity index is 198. The summed E-state index contributed by atoms with van der Waals surface area (Å²) < 4.78 is 0. The van der Waals surface area contributed by atoms with Crippen LogP contribution in [0.25, 0.3) is 0 Å². The highest BCUT2D eigenvalue weighted by Crippen LogP contribution is 1.93. The third kappa shape index (κ3) is 8.84. The lowest BCUT2D eigenvalue weighted by Gasteiger charge is -2.28. The van der Waals surface area contributed by atoms with Crippen LogP contribution < -0.4 is 22.1 Å². The molecule has 1 aliphatic heterocycles. The Morgan fingerprint density at radius 2 is 1.05 bits per heavy atom. The topological polar surface area (TPSA) is 82.6 Å². The van der Waals surface area contributed by atoms with E-state index in [4.69, 9.17) is 11.5 Å². The molecule has 6 N–H and O–H groups in total. The van der Waals surface area contributed by atoms with Crippen molar-refractivity contribution in [3.63, 3.8) is 0 Å². The predicted octanol–water partition coefficient (Wildman–Crippen LogP) is -1.52. The van der Waals surface area contributed by atoms with Crippen molar-refractivity contribution < 1.29 is 0 Å². The van der Waals surface area contributed by atoms with Crippen molar-refractivity contribution in [2.75, 3.05) is 65.4 Å². The lowest BCUT2D eigenvalue weighted by atomic mass is 10.3. The van der Waals surface area contributed by atoms with Gasteiger partial charge in [-0.2, -0.15) is 0 Å². The second-order valence-corrected chi connectivity index (χ2v) is 6.06. The van der Waals surface area contributed by atoms with E-state index in [-0.39, 0.29) is 12.1 Å². The number of hydrogen-bond donors (Lipinski definition) is 4. The highest BCUT2D eigenvalue weighted by atomic mass is 15.2. The van der Waals surface area contributed by atoms with Crippen molar-refractivity contribution >= 4 is 0 Å². The molecule has 6 heteroatoms. The molecule has 6 nitrogen and oxygen atoms in total. The van der Waals surface area contributed by atoms with Crippen LogP contribution >= 0.6 is 0 Å². The minimum atomic E-state index is 0.240. The zero-order valence-corrected chi connectivity index (χ0v) is 13.3. The number of nitrogens with two attached hydrogens (primary N) is 2. The van der Waals surface area contributed by atoms with E-state index < -0.39 is 0 Å². The second-order valence-electron chi connectivity index (χ2n) is 6.06. The molecule has 0 radical (unpaired) electrons. The first-order valence-electron chi connectivity index (χ1n) is 7.95. The number of nitrogens with one attached hydrogen (secondary N) is 2. The fourth-order valence-corrected chi connectivity index (χ4v) is 2.60. The molecule has 0 bridgehead atoms. The van der Waals surface area contributed by atoms with E-state index in [9.17, 15) is 0 Å². The Balaban J connectivity index is 2.34. The monoisotopic (exact) mass is 286 g/mol. The largest absolute Gasteiger partial charge is 0.327 e. The van der Waals surface area contributed by atoms with Gasteiger partial charge in [0.25, 0.3) is 0 Å². The Kier molecular flexibility index (Phi) is 9.33. The molecule has 120 valence electrons. The van der Waals surface area contributed by atoms with E-state index >= 15 is 0 Å². The molecule has 0 aliphatic carbocycles. The van der Waals surface area contributed by atoms with Gasteiger partial charge in [0.1, 0.15) is 0 Å². The van der Waals surface area contributed by atoms with Gasteiger partial charge < -0.3 is 22.1 Å². The van der Waals surface area contributed by atoms with Gasteiger partial charge in [0.15, 0.2) is 0 Å². The standard InChI is InChI=1S/C14H34N6/c1-13(15)11-19-7-3-17-5-9-20(12-14(2)16)10-6-18-4-8-19/h13-14,17-18H,3-12,15-16H2,1-2H3. The van der Waals surface area contributed by atoms with Gasteiger partial charge >= 0.3 is 0 Å². The predicted molar refractivity (Wildman–Crippen MR) is 85.9 cm³/mol. The zero-order valence-electron chi connectivity index (χ0n) is 13.3. The fraction of sp³-hybridized carbons (Fsp3) is 1.00. The summed E-state index contributed by atoms with van der Waals surface area (Å²) in [6.07, 6.45) is 0. The summed E-state index contributed by atoms with van der Waals surface area (Å²) in [5.41, 5.74) is 11.8. The molecule has 1 fully saturated rings. The van der Waals surface area contributed by atoms with Gasteiger partial charge in [-0.05, 0) is 13.8 Å². The highest BCUT2D eigenvalue weighted by molar-refractivity contribution is 4.71. The summed E-state index contributed by atoms with van der Waals surface area (Å²) in [4.78, 5) is 4.87. The van der Waals surface area contributed by atoms with Crippen molar-refractivity contribution in [2.45, 2.75) is 25.9 Å². The lowest BCUT2D eigenvalue weighted by Crippen LogP contribution is -2.47. The van der Waals surface area contributed by atoms with E-state index in [1.54, 1.807) is 0 Å². The zero-order chi connectivity index (χ0) is 14.8. The van der Waals surface area contributed by atoms with E-state index in [0.29, 0.717) is 0 Å². The molecule has 1 saturated heterocycles. The van der Waals surface area contributed by atoms with Crippen LogP contribution in [0.2, 0.25) is 0 Å². The van der Waals surface area contributed by atoms with Crippen molar-refractivity contribution in [1.82, 2.24) is 20.4 Å². The van der Waals surface area contributed by atoms with Gasteiger partial charge in [-0.3, -0.25) is 9.80 Å². The van der Waals surface area contributed by atoms with Crippen molar-refractivity contribution in [1.29, 1.82) is 0 Å². The summed E-state index contributed by atoms with van der Waals surface area (Å²) in [7, 11) is 0. The fourth-order valence-electron chi connectivity index (χ4n) is 2.60. The molecule has 0 aromatic heterocycles. The van der Waals surface area contributed by atoms with Crippen LogP contribution in [0, 0.1) is 0 Å². The molecule has 0 amide bonds. The highest BCUT2D eigenvalue weighted by Gasteiger charge is 2.10. The first-order valence-corrected chi connectivity index (χ1v) is 7.95. The average Bonchev–Trinajstić information content (AvgIpc) is 2.33. The third-order valence-corrected chi connectivity index (χ3v) is 3.51. The third-order valence-electron chi connectivity index (χ3n) is 3.51. The maximum absolute atomic E-state index is 5.90. The Morgan fingerprint density at radius 3 is 1.30 bits per heavy atom. The number of rotatable bonds is 4. The van der Waals surface area contributed by atoms with Crippen LogP contribution in [0.15, 0.2) is 0 Å². The first-order chi connectivity index (χ1) is 9.58. The summed E-state index contributed by atoms with van der Waals surface area (Å²) in [5, 5.41) is 7.05. The summed E-state index contributed by atoms with van der Waals surface area (Å²) in [6.45, 7) is 14.5. The minimum absolute atomic E-state index is 0.240. The van der Waals surface area contributed by atoms with Gasteiger partial charge in [-0.1, -0.05) is 0 Å². The molecule has 0 spiro atoms. The van der Waals surface area contributed by atoms with Crippen LogP contribution in [0.1, 0.15) is 13.8 Å². The maximum Gasteiger partial charge on any atom is 0.0139 e. The lowest BCUT2D eigenvalue weighted by molar-refractivity contribution is 0.231. The van der Waals surface area contributed by atoms with Gasteiger partial charge in [0.05, 0.1) is 0 Å². The molecule has 2 atom stereocenters. The van der Waals surface area contributed by atoms with Crippen LogP contribution in [0.5, 0.6) is 0 Å². The first kappa shape index (κ1) is 17.8. The minimum Gasteiger partial charge on any atom is -0.327 e. The molecule has 1 heterocycles. The van der Waals surface area contributed by atoms with Crippen molar-refractivity contribution in [2.24, 2.45) is 11.5 Å². The summed E-state index contributed by atoms with van der Waals surface area (Å²) in [5.74, 6) is 0. The van der Waals surface area contributed by atoms with Crippen molar-refractivity contribution in [3.8, 4) is 0 Å².